The van der Waals surface area contributed by atoms with Crippen molar-refractivity contribution in [3.05, 3.63) is 27.7 Å². The molecule has 0 unspecified atom stereocenters. The zero-order valence-corrected chi connectivity index (χ0v) is 8.65. The zero-order valence-electron chi connectivity index (χ0n) is 6.25. The van der Waals surface area contributed by atoms with Crippen molar-refractivity contribution in [2.45, 2.75) is 6.54 Å². The number of nitrogens with zero attached hydrogens (tertiary/aromatic N) is 1. The Labute approximate surface area is 82.5 Å². The van der Waals surface area contributed by atoms with E-state index in [1.807, 2.05) is 12.1 Å². The second-order valence-corrected chi connectivity index (χ2v) is 4.45. The minimum absolute atomic E-state index is 0.525. The third kappa shape index (κ3) is 1.37. The maximum absolute atomic E-state index is 5.49. The number of fused-ring (bicyclic) bond motifs is 1. The average molecular weight is 243 g/mol. The van der Waals surface area contributed by atoms with E-state index in [4.69, 9.17) is 5.73 Å². The predicted octanol–water partition coefficient (Wildman–Crippen LogP) is 2.52. The molecule has 2 rings (SSSR count). The van der Waals surface area contributed by atoms with Gasteiger partial charge in [0.25, 0.3) is 0 Å². The van der Waals surface area contributed by atoms with Crippen LogP contribution in [0.5, 0.6) is 0 Å². The molecule has 1 aromatic carbocycles. The summed E-state index contributed by atoms with van der Waals surface area (Å²) in [6, 6.07) is 6.05. The van der Waals surface area contributed by atoms with Gasteiger partial charge < -0.3 is 5.73 Å². The van der Waals surface area contributed by atoms with Crippen molar-refractivity contribution in [2.75, 3.05) is 0 Å². The van der Waals surface area contributed by atoms with Gasteiger partial charge in [-0.05, 0) is 18.2 Å². The standard InChI is InChI=1S/C8H7BrN2S/c9-5-1-2-6-7(3-5)12-8(4-10)11-6/h1-3H,4,10H2. The minimum atomic E-state index is 0.525. The van der Waals surface area contributed by atoms with E-state index in [-0.39, 0.29) is 0 Å². The third-order valence-electron chi connectivity index (χ3n) is 1.57. The highest BCUT2D eigenvalue weighted by Gasteiger charge is 2.01. The molecule has 0 spiro atoms. The molecule has 2 nitrogen and oxygen atoms in total. The van der Waals surface area contributed by atoms with Gasteiger partial charge in [0, 0.05) is 11.0 Å². The second-order valence-electron chi connectivity index (χ2n) is 2.42. The Bertz CT molecular complexity index is 410. The Morgan fingerprint density at radius 3 is 3.08 bits per heavy atom. The lowest BCUT2D eigenvalue weighted by atomic mass is 10.3. The lowest BCUT2D eigenvalue weighted by Gasteiger charge is -1.86. The lowest BCUT2D eigenvalue weighted by molar-refractivity contribution is 1.05. The number of nitrogens with two attached hydrogens (primary N) is 1. The molecule has 0 fully saturated rings. The molecule has 0 atom stereocenters. The monoisotopic (exact) mass is 242 g/mol. The topological polar surface area (TPSA) is 38.9 Å². The number of aromatic nitrogens is 1. The van der Waals surface area contributed by atoms with Crippen LogP contribution < -0.4 is 5.73 Å². The van der Waals surface area contributed by atoms with Crippen molar-refractivity contribution in [3.63, 3.8) is 0 Å². The lowest BCUT2D eigenvalue weighted by Crippen LogP contribution is -1.93. The van der Waals surface area contributed by atoms with Crippen LogP contribution >= 0.6 is 27.3 Å². The number of hydrogen-bond acceptors (Lipinski definition) is 3. The molecule has 0 amide bonds. The van der Waals surface area contributed by atoms with Crippen molar-refractivity contribution in [1.29, 1.82) is 0 Å². The second kappa shape index (κ2) is 3.12. The van der Waals surface area contributed by atoms with Crippen LogP contribution in [0.15, 0.2) is 22.7 Å². The van der Waals surface area contributed by atoms with Gasteiger partial charge >= 0.3 is 0 Å². The number of benzene rings is 1. The van der Waals surface area contributed by atoms with E-state index in [1.165, 1.54) is 4.70 Å². The number of hydrogen-bond donors (Lipinski definition) is 1. The Morgan fingerprint density at radius 1 is 1.50 bits per heavy atom. The van der Waals surface area contributed by atoms with Crippen LogP contribution in [-0.4, -0.2) is 4.98 Å². The fourth-order valence-corrected chi connectivity index (χ4v) is 2.43. The highest BCUT2D eigenvalue weighted by atomic mass is 79.9. The van der Waals surface area contributed by atoms with Gasteiger partial charge in [-0.2, -0.15) is 0 Å². The molecular weight excluding hydrogens is 236 g/mol. The van der Waals surface area contributed by atoms with E-state index in [1.54, 1.807) is 11.3 Å². The van der Waals surface area contributed by atoms with Crippen molar-refractivity contribution in [2.24, 2.45) is 5.73 Å². The SMILES string of the molecule is NCc1nc2ccc(Br)cc2s1. The minimum Gasteiger partial charge on any atom is -0.325 e. The summed E-state index contributed by atoms with van der Waals surface area (Å²) in [5.41, 5.74) is 6.52. The summed E-state index contributed by atoms with van der Waals surface area (Å²) in [5.74, 6) is 0. The van der Waals surface area contributed by atoms with Crippen molar-refractivity contribution < 1.29 is 0 Å². The summed E-state index contributed by atoms with van der Waals surface area (Å²) < 4.78 is 2.27. The predicted molar refractivity (Wildman–Crippen MR) is 55.2 cm³/mol. The zero-order chi connectivity index (χ0) is 8.55. The van der Waals surface area contributed by atoms with Gasteiger partial charge in [-0.1, -0.05) is 15.9 Å². The molecule has 0 bridgehead atoms. The molecule has 2 aromatic rings. The van der Waals surface area contributed by atoms with Crippen LogP contribution in [0.4, 0.5) is 0 Å². The van der Waals surface area contributed by atoms with E-state index in [0.29, 0.717) is 6.54 Å². The van der Waals surface area contributed by atoms with E-state index in [2.05, 4.69) is 27.0 Å². The molecule has 12 heavy (non-hydrogen) atoms. The van der Waals surface area contributed by atoms with Crippen LogP contribution in [0.3, 0.4) is 0 Å². The highest BCUT2D eigenvalue weighted by Crippen LogP contribution is 2.24. The van der Waals surface area contributed by atoms with Crippen LogP contribution in [0.1, 0.15) is 5.01 Å². The molecular formula is C8H7BrN2S. The maximum atomic E-state index is 5.49. The Kier molecular flexibility index (Phi) is 2.12. The van der Waals surface area contributed by atoms with E-state index >= 15 is 0 Å². The van der Waals surface area contributed by atoms with Gasteiger partial charge in [0.1, 0.15) is 5.01 Å². The summed E-state index contributed by atoms with van der Waals surface area (Å²) in [4.78, 5) is 4.35. The molecule has 2 N–H and O–H groups in total. The third-order valence-corrected chi connectivity index (χ3v) is 3.10. The molecule has 0 aliphatic heterocycles. The number of rotatable bonds is 1. The molecule has 62 valence electrons. The maximum Gasteiger partial charge on any atom is 0.107 e. The smallest absolute Gasteiger partial charge is 0.107 e. The molecule has 0 radical (unpaired) electrons. The van der Waals surface area contributed by atoms with Crippen LogP contribution in [-0.2, 0) is 6.54 Å². The molecule has 0 saturated carbocycles. The van der Waals surface area contributed by atoms with Crippen molar-refractivity contribution >= 4 is 37.5 Å². The van der Waals surface area contributed by atoms with Gasteiger partial charge in [-0.25, -0.2) is 4.98 Å². The highest BCUT2D eigenvalue weighted by molar-refractivity contribution is 9.10. The fraction of sp³-hybridized carbons (Fsp3) is 0.125. The molecule has 1 heterocycles. The number of thiazole rings is 1. The Balaban J connectivity index is 2.67. The van der Waals surface area contributed by atoms with Crippen molar-refractivity contribution in [1.82, 2.24) is 4.98 Å². The van der Waals surface area contributed by atoms with E-state index < -0.39 is 0 Å². The van der Waals surface area contributed by atoms with Gasteiger partial charge in [-0.3, -0.25) is 0 Å². The fourth-order valence-electron chi connectivity index (χ4n) is 1.03. The summed E-state index contributed by atoms with van der Waals surface area (Å²) in [5, 5.41) is 0.989. The summed E-state index contributed by atoms with van der Waals surface area (Å²) in [6.07, 6.45) is 0. The number of halogens is 1. The van der Waals surface area contributed by atoms with Gasteiger partial charge in [0.05, 0.1) is 10.2 Å². The largest absolute Gasteiger partial charge is 0.325 e. The van der Waals surface area contributed by atoms with E-state index in [9.17, 15) is 0 Å². The first-order chi connectivity index (χ1) is 5.79. The molecule has 4 heteroatoms. The Hall–Kier alpha value is -0.450. The normalized spacial score (nSPS) is 10.8. The molecule has 0 aliphatic rings. The first-order valence-corrected chi connectivity index (χ1v) is 5.15. The summed E-state index contributed by atoms with van der Waals surface area (Å²) in [7, 11) is 0. The summed E-state index contributed by atoms with van der Waals surface area (Å²) >= 11 is 5.06. The van der Waals surface area contributed by atoms with Crippen LogP contribution in [0.25, 0.3) is 10.2 Å². The average Bonchev–Trinajstić information content (AvgIpc) is 2.46. The van der Waals surface area contributed by atoms with Gasteiger partial charge in [0.15, 0.2) is 0 Å². The summed E-state index contributed by atoms with van der Waals surface area (Å²) in [6.45, 7) is 0.525. The first kappa shape index (κ1) is 8.16. The Morgan fingerprint density at radius 2 is 2.33 bits per heavy atom. The van der Waals surface area contributed by atoms with Gasteiger partial charge in [-0.15, -0.1) is 11.3 Å². The molecule has 1 aromatic heterocycles. The van der Waals surface area contributed by atoms with E-state index in [0.717, 1.165) is 15.0 Å². The van der Waals surface area contributed by atoms with Crippen molar-refractivity contribution in [3.8, 4) is 0 Å². The van der Waals surface area contributed by atoms with Crippen LogP contribution in [0, 0.1) is 0 Å². The molecule has 0 saturated heterocycles. The molecule has 0 aliphatic carbocycles. The quantitative estimate of drug-likeness (QED) is 0.835. The van der Waals surface area contributed by atoms with Crippen LogP contribution in [0.2, 0.25) is 0 Å². The van der Waals surface area contributed by atoms with Gasteiger partial charge in [0.2, 0.25) is 0 Å². The first-order valence-electron chi connectivity index (χ1n) is 3.54.